The summed E-state index contributed by atoms with van der Waals surface area (Å²) in [7, 11) is 1.54. The van der Waals surface area contributed by atoms with Crippen LogP contribution < -0.4 is 5.73 Å². The molecule has 0 rings (SSSR count). The number of methoxy groups -OCH3 is 1. The van der Waals surface area contributed by atoms with Gasteiger partial charge in [0.05, 0.1) is 13.2 Å². The summed E-state index contributed by atoms with van der Waals surface area (Å²) in [6, 6.07) is 0. The molecule has 0 unspecified atom stereocenters. The summed E-state index contributed by atoms with van der Waals surface area (Å²) >= 11 is 0. The third-order valence-electron chi connectivity index (χ3n) is 1.90. The first-order valence-corrected chi connectivity index (χ1v) is 5.28. The van der Waals surface area contributed by atoms with Crippen LogP contribution in [0.3, 0.4) is 0 Å². The molecule has 6 heteroatoms. The summed E-state index contributed by atoms with van der Waals surface area (Å²) in [6.07, 6.45) is 0.225. The molecule has 0 aromatic rings. The van der Waals surface area contributed by atoms with Gasteiger partial charge in [-0.15, -0.1) is 0 Å². The molecule has 0 heterocycles. The Bertz CT molecular complexity index is 221. The molecule has 0 saturated heterocycles. The Morgan fingerprint density at radius 2 is 2.06 bits per heavy atom. The van der Waals surface area contributed by atoms with Gasteiger partial charge in [-0.25, -0.2) is 0 Å². The second-order valence-corrected chi connectivity index (χ2v) is 3.15. The van der Waals surface area contributed by atoms with E-state index in [1.165, 1.54) is 12.0 Å². The first-order valence-electron chi connectivity index (χ1n) is 5.28. The lowest BCUT2D eigenvalue weighted by atomic mass is 10.3. The van der Waals surface area contributed by atoms with Crippen molar-refractivity contribution in [1.82, 2.24) is 4.90 Å². The molecule has 6 nitrogen and oxygen atoms in total. The van der Waals surface area contributed by atoms with Crippen molar-refractivity contribution in [3.8, 4) is 0 Å². The Morgan fingerprint density at radius 1 is 1.38 bits per heavy atom. The van der Waals surface area contributed by atoms with E-state index in [1.807, 2.05) is 0 Å². The highest BCUT2D eigenvalue weighted by Gasteiger charge is 2.16. The highest BCUT2D eigenvalue weighted by Crippen LogP contribution is 1.95. The number of carbonyl (C=O) groups is 2. The van der Waals surface area contributed by atoms with Crippen molar-refractivity contribution in [2.24, 2.45) is 5.73 Å². The van der Waals surface area contributed by atoms with E-state index in [9.17, 15) is 9.59 Å². The van der Waals surface area contributed by atoms with Crippen LogP contribution in [-0.4, -0.2) is 56.7 Å². The van der Waals surface area contributed by atoms with E-state index >= 15 is 0 Å². The highest BCUT2D eigenvalue weighted by molar-refractivity contribution is 5.82. The average Bonchev–Trinajstić information content (AvgIpc) is 2.24. The highest BCUT2D eigenvalue weighted by atomic mass is 16.5. The van der Waals surface area contributed by atoms with Gasteiger partial charge < -0.3 is 20.1 Å². The van der Waals surface area contributed by atoms with E-state index in [2.05, 4.69) is 0 Å². The number of nitrogens with two attached hydrogens (primary N) is 1. The second-order valence-electron chi connectivity index (χ2n) is 3.15. The normalized spacial score (nSPS) is 9.94. The molecule has 0 aliphatic heterocycles. The van der Waals surface area contributed by atoms with Crippen molar-refractivity contribution in [2.45, 2.75) is 13.3 Å². The fourth-order valence-corrected chi connectivity index (χ4v) is 1.14. The lowest BCUT2D eigenvalue weighted by molar-refractivity contribution is -0.149. The Hall–Kier alpha value is -1.14. The average molecular weight is 232 g/mol. The smallest absolute Gasteiger partial charge is 0.325 e. The van der Waals surface area contributed by atoms with Gasteiger partial charge in [0.15, 0.2) is 0 Å². The van der Waals surface area contributed by atoms with Crippen molar-refractivity contribution in [2.75, 3.05) is 40.0 Å². The van der Waals surface area contributed by atoms with E-state index in [0.29, 0.717) is 19.8 Å². The number of hydrogen-bond acceptors (Lipinski definition) is 5. The number of carbonyl (C=O) groups excluding carboxylic acids is 2. The molecule has 0 aliphatic rings. The van der Waals surface area contributed by atoms with E-state index in [-0.39, 0.29) is 25.4 Å². The zero-order chi connectivity index (χ0) is 12.4. The molecule has 0 atom stereocenters. The van der Waals surface area contributed by atoms with Gasteiger partial charge in [-0.2, -0.15) is 0 Å². The van der Waals surface area contributed by atoms with Gasteiger partial charge >= 0.3 is 5.97 Å². The van der Waals surface area contributed by atoms with E-state index in [4.69, 9.17) is 15.2 Å². The standard InChI is InChI=1S/C10H20N2O4/c1-3-16-10(14)8-12(6-7-15-2)9(13)4-5-11/h3-8,11H2,1-2H3. The topological polar surface area (TPSA) is 81.9 Å². The summed E-state index contributed by atoms with van der Waals surface area (Å²) in [5.41, 5.74) is 5.29. The second kappa shape index (κ2) is 9.11. The molecule has 16 heavy (non-hydrogen) atoms. The lowest BCUT2D eigenvalue weighted by Gasteiger charge is -2.20. The van der Waals surface area contributed by atoms with Gasteiger partial charge in [-0.05, 0) is 6.92 Å². The molecule has 0 aliphatic carbocycles. The lowest BCUT2D eigenvalue weighted by Crippen LogP contribution is -2.39. The summed E-state index contributed by atoms with van der Waals surface area (Å²) in [4.78, 5) is 24.2. The van der Waals surface area contributed by atoms with E-state index in [0.717, 1.165) is 0 Å². The Labute approximate surface area is 95.7 Å². The van der Waals surface area contributed by atoms with Crippen LogP contribution in [0.15, 0.2) is 0 Å². The number of ether oxygens (including phenoxy) is 2. The quantitative estimate of drug-likeness (QED) is 0.564. The molecule has 0 fully saturated rings. The minimum Gasteiger partial charge on any atom is -0.465 e. The van der Waals surface area contributed by atoms with E-state index in [1.54, 1.807) is 6.92 Å². The molecule has 0 saturated carbocycles. The van der Waals surface area contributed by atoms with E-state index < -0.39 is 5.97 Å². The van der Waals surface area contributed by atoms with Gasteiger partial charge in [0, 0.05) is 26.6 Å². The van der Waals surface area contributed by atoms with Crippen LogP contribution >= 0.6 is 0 Å². The van der Waals surface area contributed by atoms with Crippen LogP contribution in [0.2, 0.25) is 0 Å². The fraction of sp³-hybridized carbons (Fsp3) is 0.800. The summed E-state index contributed by atoms with van der Waals surface area (Å²) in [5, 5.41) is 0. The monoisotopic (exact) mass is 232 g/mol. The third kappa shape index (κ3) is 6.36. The zero-order valence-electron chi connectivity index (χ0n) is 9.90. The minimum absolute atomic E-state index is 0.0456. The summed E-state index contributed by atoms with van der Waals surface area (Å²) < 4.78 is 9.64. The zero-order valence-corrected chi connectivity index (χ0v) is 9.90. The fourth-order valence-electron chi connectivity index (χ4n) is 1.14. The molecule has 0 aromatic heterocycles. The molecule has 0 spiro atoms. The van der Waals surface area contributed by atoms with Gasteiger partial charge in [0.2, 0.25) is 5.91 Å². The first-order chi connectivity index (χ1) is 7.65. The van der Waals surface area contributed by atoms with Crippen molar-refractivity contribution in [3.05, 3.63) is 0 Å². The van der Waals surface area contributed by atoms with Crippen LogP contribution in [0.5, 0.6) is 0 Å². The minimum atomic E-state index is -0.413. The number of nitrogens with zero attached hydrogens (tertiary/aromatic N) is 1. The molecular formula is C10H20N2O4. The van der Waals surface area contributed by atoms with Crippen LogP contribution in [0, 0.1) is 0 Å². The van der Waals surface area contributed by atoms with Crippen molar-refractivity contribution >= 4 is 11.9 Å². The van der Waals surface area contributed by atoms with Crippen molar-refractivity contribution < 1.29 is 19.1 Å². The summed E-state index contributed by atoms with van der Waals surface area (Å²) in [6.45, 7) is 3.01. The van der Waals surface area contributed by atoms with Crippen LogP contribution in [0.25, 0.3) is 0 Å². The molecule has 0 radical (unpaired) electrons. The summed E-state index contributed by atoms with van der Waals surface area (Å²) in [5.74, 6) is -0.573. The van der Waals surface area contributed by atoms with Crippen LogP contribution in [0.4, 0.5) is 0 Å². The van der Waals surface area contributed by atoms with Crippen LogP contribution in [0.1, 0.15) is 13.3 Å². The van der Waals surface area contributed by atoms with Gasteiger partial charge in [0.25, 0.3) is 0 Å². The number of rotatable bonds is 8. The maximum Gasteiger partial charge on any atom is 0.325 e. The third-order valence-corrected chi connectivity index (χ3v) is 1.90. The predicted octanol–water partition coefficient (Wildman–Crippen LogP) is -0.627. The number of esters is 1. The molecule has 1 amide bonds. The SMILES string of the molecule is CCOC(=O)CN(CCOC)C(=O)CCN. The van der Waals surface area contributed by atoms with Crippen LogP contribution in [-0.2, 0) is 19.1 Å². The molecular weight excluding hydrogens is 212 g/mol. The Balaban J connectivity index is 4.18. The number of hydrogen-bond donors (Lipinski definition) is 1. The van der Waals surface area contributed by atoms with Crippen molar-refractivity contribution in [3.63, 3.8) is 0 Å². The van der Waals surface area contributed by atoms with Gasteiger partial charge in [0.1, 0.15) is 6.54 Å². The number of amides is 1. The first kappa shape index (κ1) is 14.9. The maximum atomic E-state index is 11.6. The van der Waals surface area contributed by atoms with Gasteiger partial charge in [-0.3, -0.25) is 9.59 Å². The largest absolute Gasteiger partial charge is 0.465 e. The maximum absolute atomic E-state index is 11.6. The Kier molecular flexibility index (Phi) is 8.46. The molecule has 94 valence electrons. The van der Waals surface area contributed by atoms with Gasteiger partial charge in [-0.1, -0.05) is 0 Å². The molecule has 0 bridgehead atoms. The molecule has 0 aromatic carbocycles. The Morgan fingerprint density at radius 3 is 2.56 bits per heavy atom. The predicted molar refractivity (Wildman–Crippen MR) is 58.8 cm³/mol. The molecule has 2 N–H and O–H groups in total. The van der Waals surface area contributed by atoms with Crippen molar-refractivity contribution in [1.29, 1.82) is 0 Å².